The molecule has 90 valence electrons. The molecule has 0 aromatic heterocycles. The molecule has 0 N–H and O–H groups in total. The number of ether oxygens (including phenoxy) is 1. The highest BCUT2D eigenvalue weighted by molar-refractivity contribution is 4.65. The van der Waals surface area contributed by atoms with Crippen LogP contribution in [0.3, 0.4) is 0 Å². The maximum Gasteiger partial charge on any atom is 0.0598 e. The van der Waals surface area contributed by atoms with Gasteiger partial charge in [0.05, 0.1) is 5.60 Å². The lowest BCUT2D eigenvalue weighted by Crippen LogP contribution is -2.21. The summed E-state index contributed by atoms with van der Waals surface area (Å²) in [6.45, 7) is 11.3. The van der Waals surface area contributed by atoms with Crippen LogP contribution in [-0.4, -0.2) is 36.7 Å². The van der Waals surface area contributed by atoms with E-state index in [0.717, 1.165) is 6.61 Å². The van der Waals surface area contributed by atoms with Crippen LogP contribution in [0.15, 0.2) is 0 Å². The zero-order valence-electron chi connectivity index (χ0n) is 10.7. The van der Waals surface area contributed by atoms with Gasteiger partial charge in [0, 0.05) is 6.61 Å². The van der Waals surface area contributed by atoms with Crippen LogP contribution in [0.5, 0.6) is 0 Å². The summed E-state index contributed by atoms with van der Waals surface area (Å²) < 4.78 is 5.69. The summed E-state index contributed by atoms with van der Waals surface area (Å²) in [7, 11) is 0. The van der Waals surface area contributed by atoms with Crippen molar-refractivity contribution >= 4 is 0 Å². The molecular weight excluding hydrogens is 186 g/mol. The number of unbranched alkanes of at least 4 members (excludes halogenated alkanes) is 2. The molecule has 0 unspecified atom stereocenters. The quantitative estimate of drug-likeness (QED) is 0.629. The molecule has 1 rings (SSSR count). The fourth-order valence-corrected chi connectivity index (χ4v) is 2.00. The van der Waals surface area contributed by atoms with Crippen molar-refractivity contribution in [3.63, 3.8) is 0 Å². The number of rotatable bonds is 6. The summed E-state index contributed by atoms with van der Waals surface area (Å²) in [4.78, 5) is 2.59. The normalized spacial score (nSPS) is 18.6. The molecule has 1 aliphatic rings. The van der Waals surface area contributed by atoms with Crippen LogP contribution in [0.2, 0.25) is 0 Å². The average molecular weight is 213 g/mol. The fourth-order valence-electron chi connectivity index (χ4n) is 2.00. The molecule has 0 saturated carbocycles. The van der Waals surface area contributed by atoms with Gasteiger partial charge in [0.25, 0.3) is 0 Å². The van der Waals surface area contributed by atoms with Crippen molar-refractivity contribution in [2.24, 2.45) is 0 Å². The van der Waals surface area contributed by atoms with Crippen LogP contribution in [0.4, 0.5) is 0 Å². The molecular formula is C13H27NO. The average Bonchev–Trinajstić information content (AvgIpc) is 2.61. The van der Waals surface area contributed by atoms with Gasteiger partial charge in [0.15, 0.2) is 0 Å². The second-order valence-corrected chi connectivity index (χ2v) is 5.57. The fraction of sp³-hybridized carbons (Fsp3) is 1.00. The molecule has 0 radical (unpaired) electrons. The maximum absolute atomic E-state index is 5.69. The summed E-state index contributed by atoms with van der Waals surface area (Å²) in [5, 5.41) is 0. The first-order valence-corrected chi connectivity index (χ1v) is 6.44. The van der Waals surface area contributed by atoms with Crippen molar-refractivity contribution in [1.82, 2.24) is 4.90 Å². The number of hydrogen-bond donors (Lipinski definition) is 0. The van der Waals surface area contributed by atoms with Crippen LogP contribution in [0.1, 0.15) is 52.9 Å². The molecule has 2 nitrogen and oxygen atoms in total. The molecule has 0 atom stereocenters. The Labute approximate surface area is 95.0 Å². The van der Waals surface area contributed by atoms with E-state index < -0.39 is 0 Å². The van der Waals surface area contributed by atoms with Gasteiger partial charge in [-0.3, -0.25) is 0 Å². The Hall–Kier alpha value is -0.0800. The standard InChI is InChI=1S/C13H27NO/c1-13(2,3)15-12-8-4-5-9-14-10-6-7-11-14/h4-12H2,1-3H3. The third kappa shape index (κ3) is 6.91. The Morgan fingerprint density at radius 3 is 2.27 bits per heavy atom. The third-order valence-electron chi connectivity index (χ3n) is 2.85. The molecule has 0 spiro atoms. The lowest BCUT2D eigenvalue weighted by molar-refractivity contribution is -0.00484. The van der Waals surface area contributed by atoms with Gasteiger partial charge in [-0.2, -0.15) is 0 Å². The van der Waals surface area contributed by atoms with Crippen molar-refractivity contribution in [1.29, 1.82) is 0 Å². The van der Waals surface area contributed by atoms with Crippen molar-refractivity contribution < 1.29 is 4.74 Å². The van der Waals surface area contributed by atoms with Crippen LogP contribution in [0.25, 0.3) is 0 Å². The minimum absolute atomic E-state index is 0.0367. The molecule has 0 aliphatic carbocycles. The molecule has 0 amide bonds. The first-order valence-electron chi connectivity index (χ1n) is 6.44. The SMILES string of the molecule is CC(C)(C)OCCCCCN1CCCC1. The molecule has 1 heterocycles. The van der Waals surface area contributed by atoms with E-state index in [4.69, 9.17) is 4.74 Å². The van der Waals surface area contributed by atoms with Gasteiger partial charge in [-0.25, -0.2) is 0 Å². The lowest BCUT2D eigenvalue weighted by Gasteiger charge is -2.19. The van der Waals surface area contributed by atoms with Crippen LogP contribution >= 0.6 is 0 Å². The van der Waals surface area contributed by atoms with E-state index in [0.29, 0.717) is 0 Å². The predicted molar refractivity (Wildman–Crippen MR) is 65.2 cm³/mol. The van der Waals surface area contributed by atoms with E-state index in [1.807, 2.05) is 0 Å². The second kappa shape index (κ2) is 6.49. The van der Waals surface area contributed by atoms with E-state index in [1.54, 1.807) is 0 Å². The zero-order valence-corrected chi connectivity index (χ0v) is 10.7. The highest BCUT2D eigenvalue weighted by atomic mass is 16.5. The molecule has 15 heavy (non-hydrogen) atoms. The number of nitrogens with zero attached hydrogens (tertiary/aromatic N) is 1. The number of hydrogen-bond acceptors (Lipinski definition) is 2. The van der Waals surface area contributed by atoms with E-state index >= 15 is 0 Å². The summed E-state index contributed by atoms with van der Waals surface area (Å²) in [6, 6.07) is 0. The summed E-state index contributed by atoms with van der Waals surface area (Å²) >= 11 is 0. The predicted octanol–water partition coefficient (Wildman–Crippen LogP) is 3.07. The van der Waals surface area contributed by atoms with Gasteiger partial charge in [0.2, 0.25) is 0 Å². The Morgan fingerprint density at radius 2 is 1.67 bits per heavy atom. The van der Waals surface area contributed by atoms with Crippen molar-refractivity contribution in [2.75, 3.05) is 26.2 Å². The first-order chi connectivity index (χ1) is 7.08. The topological polar surface area (TPSA) is 12.5 Å². The summed E-state index contributed by atoms with van der Waals surface area (Å²) in [5.41, 5.74) is 0.0367. The molecule has 1 aliphatic heterocycles. The van der Waals surface area contributed by atoms with Gasteiger partial charge in [-0.05, 0) is 72.5 Å². The smallest absolute Gasteiger partial charge is 0.0598 e. The Balaban J connectivity index is 1.84. The highest BCUT2D eigenvalue weighted by Crippen LogP contribution is 2.10. The Bertz CT molecular complexity index is 156. The van der Waals surface area contributed by atoms with E-state index in [9.17, 15) is 0 Å². The molecule has 1 fully saturated rings. The largest absolute Gasteiger partial charge is 0.376 e. The van der Waals surface area contributed by atoms with Crippen LogP contribution < -0.4 is 0 Å². The van der Waals surface area contributed by atoms with E-state index in [-0.39, 0.29) is 5.60 Å². The Kier molecular flexibility index (Phi) is 5.62. The first kappa shape index (κ1) is 13.0. The van der Waals surface area contributed by atoms with Gasteiger partial charge in [0.1, 0.15) is 0 Å². The molecule has 0 aromatic carbocycles. The summed E-state index contributed by atoms with van der Waals surface area (Å²) in [5.74, 6) is 0. The highest BCUT2D eigenvalue weighted by Gasteiger charge is 2.11. The third-order valence-corrected chi connectivity index (χ3v) is 2.85. The van der Waals surface area contributed by atoms with Crippen LogP contribution in [0, 0.1) is 0 Å². The molecule has 1 saturated heterocycles. The lowest BCUT2D eigenvalue weighted by atomic mass is 10.2. The van der Waals surface area contributed by atoms with Gasteiger partial charge >= 0.3 is 0 Å². The monoisotopic (exact) mass is 213 g/mol. The molecule has 2 heteroatoms. The zero-order chi connectivity index (χ0) is 11.1. The van der Waals surface area contributed by atoms with Crippen LogP contribution in [-0.2, 0) is 4.74 Å². The Morgan fingerprint density at radius 1 is 1.00 bits per heavy atom. The van der Waals surface area contributed by atoms with Crippen molar-refractivity contribution in [3.8, 4) is 0 Å². The van der Waals surface area contributed by atoms with Gasteiger partial charge < -0.3 is 9.64 Å². The summed E-state index contributed by atoms with van der Waals surface area (Å²) in [6.07, 6.45) is 6.69. The van der Waals surface area contributed by atoms with Crippen molar-refractivity contribution in [2.45, 2.75) is 58.5 Å². The maximum atomic E-state index is 5.69. The number of likely N-dealkylation sites (tertiary alicyclic amines) is 1. The van der Waals surface area contributed by atoms with E-state index in [1.165, 1.54) is 51.7 Å². The second-order valence-electron chi connectivity index (χ2n) is 5.57. The molecule has 0 bridgehead atoms. The van der Waals surface area contributed by atoms with Crippen molar-refractivity contribution in [3.05, 3.63) is 0 Å². The van der Waals surface area contributed by atoms with E-state index in [2.05, 4.69) is 25.7 Å². The molecule has 0 aromatic rings. The van der Waals surface area contributed by atoms with Gasteiger partial charge in [-0.1, -0.05) is 0 Å². The van der Waals surface area contributed by atoms with Gasteiger partial charge in [-0.15, -0.1) is 0 Å². The minimum atomic E-state index is 0.0367. The minimum Gasteiger partial charge on any atom is -0.376 e.